The molecule has 8 heteroatoms. The Labute approximate surface area is 145 Å². The molecule has 0 spiro atoms. The third kappa shape index (κ3) is 2.47. The van der Waals surface area contributed by atoms with Crippen molar-refractivity contribution < 1.29 is 17.5 Å². The van der Waals surface area contributed by atoms with Gasteiger partial charge in [-0.25, -0.2) is 8.42 Å². The van der Waals surface area contributed by atoms with Crippen LogP contribution in [0.2, 0.25) is 0 Å². The Balaban J connectivity index is 1.81. The predicted molar refractivity (Wildman–Crippen MR) is 90.6 cm³/mol. The highest BCUT2D eigenvalue weighted by atomic mass is 32.2. The van der Waals surface area contributed by atoms with E-state index in [1.165, 1.54) is 10.5 Å². The largest absolute Gasteiger partial charge is 0.360 e. The lowest BCUT2D eigenvalue weighted by molar-refractivity contribution is 0.364. The molecular weight excluding hydrogens is 342 g/mol. The van der Waals surface area contributed by atoms with Gasteiger partial charge in [-0.3, -0.25) is 0 Å². The molecule has 1 aromatic carbocycles. The second-order valence-corrected chi connectivity index (χ2v) is 8.38. The van der Waals surface area contributed by atoms with Crippen molar-refractivity contribution in [2.75, 3.05) is 6.54 Å². The number of fused-ring (bicyclic) bond motifs is 1. The van der Waals surface area contributed by atoms with Gasteiger partial charge in [0.1, 0.15) is 10.6 Å². The molecule has 7 nitrogen and oxygen atoms in total. The number of aromatic nitrogens is 2. The molecule has 0 bridgehead atoms. The first kappa shape index (κ1) is 16.3. The maximum Gasteiger partial charge on any atom is 0.248 e. The lowest BCUT2D eigenvalue weighted by atomic mass is 10.0. The molecule has 1 unspecified atom stereocenters. The molecule has 25 heavy (non-hydrogen) atoms. The lowest BCUT2D eigenvalue weighted by Crippen LogP contribution is -2.31. The van der Waals surface area contributed by atoms with E-state index >= 15 is 0 Å². The maximum atomic E-state index is 13.0. The summed E-state index contributed by atoms with van der Waals surface area (Å²) in [5.74, 6) is 0.294. The molecule has 0 aliphatic carbocycles. The molecule has 2 aromatic heterocycles. The summed E-state index contributed by atoms with van der Waals surface area (Å²) >= 11 is 0. The van der Waals surface area contributed by atoms with Gasteiger partial charge >= 0.3 is 0 Å². The molecule has 3 heterocycles. The molecule has 1 atom stereocenters. The van der Waals surface area contributed by atoms with E-state index in [1.807, 2.05) is 26.0 Å². The molecule has 0 amide bonds. The fourth-order valence-electron chi connectivity index (χ4n) is 3.42. The lowest BCUT2D eigenvalue weighted by Gasteiger charge is -2.22. The van der Waals surface area contributed by atoms with Crippen LogP contribution >= 0.6 is 0 Å². The minimum atomic E-state index is -3.69. The van der Waals surface area contributed by atoms with Crippen LogP contribution < -0.4 is 0 Å². The Kier molecular flexibility index (Phi) is 3.69. The van der Waals surface area contributed by atoms with Crippen LogP contribution in [0.15, 0.2) is 32.3 Å². The summed E-state index contributed by atoms with van der Waals surface area (Å²) in [7, 11) is -3.69. The van der Waals surface area contributed by atoms with Crippen molar-refractivity contribution in [1.29, 1.82) is 0 Å². The Bertz CT molecular complexity index is 1050. The van der Waals surface area contributed by atoms with Crippen molar-refractivity contribution in [3.8, 4) is 0 Å². The number of rotatable bonds is 3. The van der Waals surface area contributed by atoms with E-state index in [0.717, 1.165) is 22.9 Å². The van der Waals surface area contributed by atoms with E-state index in [0.29, 0.717) is 30.0 Å². The molecule has 1 saturated heterocycles. The summed E-state index contributed by atoms with van der Waals surface area (Å²) in [4.78, 5) is 0.110. The third-order valence-corrected chi connectivity index (χ3v) is 6.93. The molecule has 1 fully saturated rings. The Hall–Kier alpha value is -2.19. The maximum absolute atomic E-state index is 13.0. The average molecular weight is 361 g/mol. The van der Waals surface area contributed by atoms with E-state index < -0.39 is 10.0 Å². The average Bonchev–Trinajstić information content (AvgIpc) is 3.26. The first-order valence-electron chi connectivity index (χ1n) is 8.19. The quantitative estimate of drug-likeness (QED) is 0.711. The molecule has 1 aliphatic heterocycles. The first-order chi connectivity index (χ1) is 11.9. The minimum absolute atomic E-state index is 0.110. The van der Waals surface area contributed by atoms with E-state index in [4.69, 9.17) is 9.05 Å². The second-order valence-electron chi connectivity index (χ2n) is 6.52. The van der Waals surface area contributed by atoms with Crippen LogP contribution in [0.3, 0.4) is 0 Å². The molecule has 3 aromatic rings. The third-order valence-electron chi connectivity index (χ3n) is 4.93. The van der Waals surface area contributed by atoms with Gasteiger partial charge in [-0.05, 0) is 56.9 Å². The summed E-state index contributed by atoms with van der Waals surface area (Å²) in [5, 5.41) is 8.68. The van der Waals surface area contributed by atoms with Gasteiger partial charge in [0, 0.05) is 11.9 Å². The summed E-state index contributed by atoms with van der Waals surface area (Å²) in [5.41, 5.74) is 3.60. The number of hydrogen-bond acceptors (Lipinski definition) is 6. The number of aryl methyl sites for hydroxylation is 3. The van der Waals surface area contributed by atoms with Crippen molar-refractivity contribution in [3.05, 3.63) is 40.9 Å². The van der Waals surface area contributed by atoms with Crippen LogP contribution in [0.5, 0.6) is 0 Å². The summed E-state index contributed by atoms with van der Waals surface area (Å²) in [6.45, 7) is 6.08. The van der Waals surface area contributed by atoms with Gasteiger partial charge in [0.2, 0.25) is 10.0 Å². The zero-order chi connectivity index (χ0) is 17.8. The van der Waals surface area contributed by atoms with Crippen molar-refractivity contribution in [2.24, 2.45) is 0 Å². The van der Waals surface area contributed by atoms with Crippen molar-refractivity contribution in [1.82, 2.24) is 14.6 Å². The number of benzene rings is 1. The van der Waals surface area contributed by atoms with Gasteiger partial charge in [-0.2, -0.15) is 4.31 Å². The fraction of sp³-hybridized carbons (Fsp3) is 0.412. The fourth-order valence-corrected chi connectivity index (χ4v) is 5.16. The van der Waals surface area contributed by atoms with Crippen LogP contribution in [0, 0.1) is 20.8 Å². The SMILES string of the molecule is Cc1cc2onc(C3CCCN3S(=O)(=O)c3cnoc3C)c2cc1C. The standard InChI is InChI=1S/C17H19N3O4S/c1-10-7-13-15(8-11(10)2)24-19-17(13)14-5-4-6-20(14)25(21,22)16-9-18-23-12(16)3/h7-9,14H,4-6H2,1-3H3. The van der Waals surface area contributed by atoms with E-state index in [1.54, 1.807) is 6.92 Å². The highest BCUT2D eigenvalue weighted by molar-refractivity contribution is 7.89. The number of hydrogen-bond donors (Lipinski definition) is 0. The monoisotopic (exact) mass is 361 g/mol. The minimum Gasteiger partial charge on any atom is -0.360 e. The zero-order valence-corrected chi connectivity index (χ0v) is 15.1. The van der Waals surface area contributed by atoms with Crippen LogP contribution in [0.25, 0.3) is 11.0 Å². The molecule has 132 valence electrons. The van der Waals surface area contributed by atoms with Crippen molar-refractivity contribution in [3.63, 3.8) is 0 Å². The number of nitrogens with zero attached hydrogens (tertiary/aromatic N) is 3. The Morgan fingerprint density at radius 1 is 1.16 bits per heavy atom. The highest BCUT2D eigenvalue weighted by Gasteiger charge is 2.40. The molecule has 1 aliphatic rings. The van der Waals surface area contributed by atoms with E-state index in [2.05, 4.69) is 10.3 Å². The summed E-state index contributed by atoms with van der Waals surface area (Å²) in [6, 6.07) is 3.62. The molecule has 0 N–H and O–H groups in total. The summed E-state index contributed by atoms with van der Waals surface area (Å²) < 4.78 is 38.0. The Morgan fingerprint density at radius 3 is 2.64 bits per heavy atom. The smallest absolute Gasteiger partial charge is 0.248 e. The van der Waals surface area contributed by atoms with Gasteiger partial charge in [0.05, 0.1) is 12.2 Å². The van der Waals surface area contributed by atoms with E-state index in [-0.39, 0.29) is 10.9 Å². The number of sulfonamides is 1. The first-order valence-corrected chi connectivity index (χ1v) is 9.63. The van der Waals surface area contributed by atoms with Crippen LogP contribution in [0.1, 0.15) is 41.5 Å². The van der Waals surface area contributed by atoms with Gasteiger partial charge < -0.3 is 9.05 Å². The second kappa shape index (κ2) is 5.67. The molecular formula is C17H19N3O4S. The van der Waals surface area contributed by atoms with Gasteiger partial charge in [-0.1, -0.05) is 10.3 Å². The summed E-state index contributed by atoms with van der Waals surface area (Å²) in [6.07, 6.45) is 2.74. The van der Waals surface area contributed by atoms with Crippen molar-refractivity contribution >= 4 is 21.0 Å². The zero-order valence-electron chi connectivity index (χ0n) is 14.3. The topological polar surface area (TPSA) is 89.4 Å². The van der Waals surface area contributed by atoms with E-state index in [9.17, 15) is 8.42 Å². The van der Waals surface area contributed by atoms with Gasteiger partial charge in [-0.15, -0.1) is 0 Å². The van der Waals surface area contributed by atoms with Crippen molar-refractivity contribution in [2.45, 2.75) is 44.6 Å². The molecule has 0 radical (unpaired) electrons. The van der Waals surface area contributed by atoms with Crippen LogP contribution in [-0.2, 0) is 10.0 Å². The Morgan fingerprint density at radius 2 is 1.92 bits per heavy atom. The van der Waals surface area contributed by atoms with Crippen LogP contribution in [-0.4, -0.2) is 29.6 Å². The van der Waals surface area contributed by atoms with Crippen LogP contribution in [0.4, 0.5) is 0 Å². The molecule has 0 saturated carbocycles. The predicted octanol–water partition coefficient (Wildman–Crippen LogP) is 3.27. The highest BCUT2D eigenvalue weighted by Crippen LogP contribution is 2.39. The van der Waals surface area contributed by atoms with Gasteiger partial charge in [0.25, 0.3) is 0 Å². The molecule has 4 rings (SSSR count). The normalized spacial score (nSPS) is 19.1. The van der Waals surface area contributed by atoms with Gasteiger partial charge in [0.15, 0.2) is 11.3 Å².